The summed E-state index contributed by atoms with van der Waals surface area (Å²) < 4.78 is 35.5. The Hall–Kier alpha value is -4.83. The number of rotatable bonds is 9. The Morgan fingerprint density at radius 1 is 0.962 bits per heavy atom. The van der Waals surface area contributed by atoms with Gasteiger partial charge < -0.3 is 25.1 Å². The molecule has 6 rings (SSSR count). The molecule has 1 atom stereocenters. The van der Waals surface area contributed by atoms with Crippen LogP contribution in [0.5, 0.6) is 5.75 Å². The molecule has 0 unspecified atom stereocenters. The minimum absolute atomic E-state index is 0.0141. The number of benzene rings is 3. The SMILES string of the molecule is CC(=O)ON=C(N)c1ccc(C(=O)N2CCN(C(=O)[C@@H]3CCCN3S(=O)(=O)c3ccc(Cl)c(COc4cccc5ncc(C)nc45)c3Cl)CC2)cc1. The van der Waals surface area contributed by atoms with Crippen molar-refractivity contribution in [1.82, 2.24) is 24.1 Å². The largest absolute Gasteiger partial charge is 0.486 e. The molecular weight excluding hydrogens is 733 g/mol. The van der Waals surface area contributed by atoms with Crippen LogP contribution >= 0.6 is 23.2 Å². The number of hydrogen-bond donors (Lipinski definition) is 1. The van der Waals surface area contributed by atoms with Crippen LogP contribution in [0.25, 0.3) is 11.0 Å². The summed E-state index contributed by atoms with van der Waals surface area (Å²) in [6.45, 7) is 4.01. The summed E-state index contributed by atoms with van der Waals surface area (Å²) in [6, 6.07) is 13.5. The highest BCUT2D eigenvalue weighted by Gasteiger charge is 2.43. The summed E-state index contributed by atoms with van der Waals surface area (Å²) in [5, 5.41) is 3.68. The van der Waals surface area contributed by atoms with Crippen molar-refractivity contribution in [1.29, 1.82) is 0 Å². The zero-order chi connectivity index (χ0) is 37.2. The predicted octanol–water partition coefficient (Wildman–Crippen LogP) is 4.15. The number of amidine groups is 1. The number of nitrogens with two attached hydrogens (primary N) is 1. The molecule has 3 heterocycles. The summed E-state index contributed by atoms with van der Waals surface area (Å²) in [7, 11) is -4.23. The molecule has 2 N–H and O–H groups in total. The first-order valence-electron chi connectivity index (χ1n) is 16.4. The van der Waals surface area contributed by atoms with Gasteiger partial charge in [0.25, 0.3) is 5.91 Å². The quantitative estimate of drug-likeness (QED) is 0.113. The average Bonchev–Trinajstić information content (AvgIpc) is 3.65. The third-order valence-corrected chi connectivity index (χ3v) is 11.7. The Balaban J connectivity index is 1.12. The summed E-state index contributed by atoms with van der Waals surface area (Å²) in [5.41, 5.74) is 8.87. The van der Waals surface area contributed by atoms with E-state index in [0.29, 0.717) is 46.4 Å². The Kier molecular flexibility index (Phi) is 11.0. The number of amides is 2. The number of aromatic nitrogens is 2. The maximum atomic E-state index is 14.1. The van der Waals surface area contributed by atoms with Crippen molar-refractivity contribution >= 4 is 67.9 Å². The molecule has 0 spiro atoms. The van der Waals surface area contributed by atoms with E-state index in [1.165, 1.54) is 23.4 Å². The van der Waals surface area contributed by atoms with Gasteiger partial charge in [-0.05, 0) is 56.2 Å². The highest BCUT2D eigenvalue weighted by molar-refractivity contribution is 7.89. The van der Waals surface area contributed by atoms with Gasteiger partial charge in [-0.25, -0.2) is 18.2 Å². The number of carbonyl (C=O) groups excluding carboxylic acids is 3. The predicted molar refractivity (Wildman–Crippen MR) is 193 cm³/mol. The van der Waals surface area contributed by atoms with Crippen molar-refractivity contribution in [2.24, 2.45) is 10.9 Å². The van der Waals surface area contributed by atoms with Crippen molar-refractivity contribution in [3.05, 3.63) is 93.2 Å². The van der Waals surface area contributed by atoms with Crippen LogP contribution in [0, 0.1) is 6.92 Å². The first kappa shape index (κ1) is 36.9. The topological polar surface area (TPSA) is 178 Å². The monoisotopic (exact) mass is 767 g/mol. The molecule has 2 saturated heterocycles. The van der Waals surface area contributed by atoms with Crippen molar-refractivity contribution in [2.45, 2.75) is 44.2 Å². The summed E-state index contributed by atoms with van der Waals surface area (Å²) in [5.74, 6) is -0.756. The number of oxime groups is 1. The molecule has 0 radical (unpaired) electrons. The molecule has 0 bridgehead atoms. The van der Waals surface area contributed by atoms with E-state index in [1.54, 1.807) is 58.5 Å². The van der Waals surface area contributed by atoms with Crippen LogP contribution in [0.3, 0.4) is 0 Å². The molecule has 1 aromatic heterocycles. The lowest BCUT2D eigenvalue weighted by molar-refractivity contribution is -0.141. The number of carbonyl (C=O) groups is 3. The lowest BCUT2D eigenvalue weighted by Crippen LogP contribution is -2.55. The Bertz CT molecular complexity index is 2180. The fraction of sp³-hybridized carbons (Fsp3) is 0.314. The Morgan fingerprint density at radius 2 is 1.65 bits per heavy atom. The van der Waals surface area contributed by atoms with E-state index in [1.807, 2.05) is 6.92 Å². The Labute approximate surface area is 310 Å². The number of piperazine rings is 1. The number of fused-ring (bicyclic) bond motifs is 1. The zero-order valence-electron chi connectivity index (χ0n) is 28.3. The zero-order valence-corrected chi connectivity index (χ0v) is 30.6. The van der Waals surface area contributed by atoms with Crippen molar-refractivity contribution in [3.8, 4) is 5.75 Å². The summed E-state index contributed by atoms with van der Waals surface area (Å²) in [4.78, 5) is 54.5. The van der Waals surface area contributed by atoms with Gasteiger partial charge in [0.15, 0.2) is 5.84 Å². The molecule has 0 aliphatic carbocycles. The van der Waals surface area contributed by atoms with Crippen LogP contribution in [-0.4, -0.2) is 94.9 Å². The molecular formula is C35H35Cl2N7O7S. The van der Waals surface area contributed by atoms with Crippen LogP contribution in [-0.2, 0) is 31.1 Å². The first-order valence-corrected chi connectivity index (χ1v) is 18.6. The summed E-state index contributed by atoms with van der Waals surface area (Å²) >= 11 is 13.2. The molecule has 2 aliphatic heterocycles. The second kappa shape index (κ2) is 15.4. The molecule has 2 fully saturated rings. The van der Waals surface area contributed by atoms with Crippen LogP contribution < -0.4 is 10.5 Å². The number of sulfonamides is 1. The third-order valence-electron chi connectivity index (χ3n) is 8.83. The molecule has 2 aliphatic rings. The van der Waals surface area contributed by atoms with Gasteiger partial charge in [-0.1, -0.05) is 46.6 Å². The maximum absolute atomic E-state index is 14.1. The third kappa shape index (κ3) is 7.67. The highest BCUT2D eigenvalue weighted by Crippen LogP contribution is 2.37. The standard InChI is InChI=1S/C35H35Cl2N7O7S/c1-21-19-39-27-5-3-7-29(32(27)40-21)50-20-25-26(36)12-13-30(31(25)37)52(48,49)44-14-4-6-28(44)35(47)43-17-15-42(16-18-43)34(46)24-10-8-23(9-11-24)33(38)41-51-22(2)45/h3,5,7-13,19,28H,4,6,14-18,20H2,1-2H3,(H2,38,41)/t28-/m0/s1. The van der Waals surface area contributed by atoms with Gasteiger partial charge in [0.1, 0.15) is 28.8 Å². The number of aryl methyl sites for hydroxylation is 1. The first-order chi connectivity index (χ1) is 24.8. The molecule has 272 valence electrons. The smallest absolute Gasteiger partial charge is 0.332 e. The number of halogens is 2. The normalized spacial score (nSPS) is 17.0. The minimum atomic E-state index is -4.23. The number of hydrogen-bond acceptors (Lipinski definition) is 10. The van der Waals surface area contributed by atoms with Crippen LogP contribution in [0.1, 0.15) is 46.9 Å². The van der Waals surface area contributed by atoms with E-state index < -0.39 is 22.0 Å². The molecule has 4 aromatic rings. The van der Waals surface area contributed by atoms with E-state index >= 15 is 0 Å². The van der Waals surface area contributed by atoms with E-state index in [0.717, 1.165) is 0 Å². The molecule has 14 nitrogen and oxygen atoms in total. The van der Waals surface area contributed by atoms with Crippen LogP contribution in [0.15, 0.2) is 70.8 Å². The molecule has 3 aromatic carbocycles. The summed E-state index contributed by atoms with van der Waals surface area (Å²) in [6.07, 6.45) is 2.48. The van der Waals surface area contributed by atoms with Gasteiger partial charge in [0, 0.05) is 67.6 Å². The highest BCUT2D eigenvalue weighted by atomic mass is 35.5. The Morgan fingerprint density at radius 3 is 2.37 bits per heavy atom. The average molecular weight is 769 g/mol. The fourth-order valence-corrected chi connectivity index (χ4v) is 8.66. The molecule has 17 heteroatoms. The van der Waals surface area contributed by atoms with Gasteiger partial charge in [-0.2, -0.15) is 4.31 Å². The van der Waals surface area contributed by atoms with Gasteiger partial charge in [0.05, 0.1) is 16.2 Å². The van der Waals surface area contributed by atoms with E-state index in [-0.39, 0.29) is 77.5 Å². The van der Waals surface area contributed by atoms with Crippen molar-refractivity contribution in [2.75, 3.05) is 32.7 Å². The van der Waals surface area contributed by atoms with Gasteiger partial charge in [-0.15, -0.1) is 0 Å². The van der Waals surface area contributed by atoms with Gasteiger partial charge >= 0.3 is 5.97 Å². The lowest BCUT2D eigenvalue weighted by Gasteiger charge is -2.37. The number of nitrogens with zero attached hydrogens (tertiary/aromatic N) is 6. The van der Waals surface area contributed by atoms with Crippen LogP contribution in [0.4, 0.5) is 0 Å². The van der Waals surface area contributed by atoms with Crippen LogP contribution in [0.2, 0.25) is 10.0 Å². The van der Waals surface area contributed by atoms with E-state index in [2.05, 4.69) is 20.0 Å². The second-order valence-electron chi connectivity index (χ2n) is 12.3. The molecule has 52 heavy (non-hydrogen) atoms. The lowest BCUT2D eigenvalue weighted by atomic mass is 10.1. The van der Waals surface area contributed by atoms with Gasteiger partial charge in [-0.3, -0.25) is 14.6 Å². The second-order valence-corrected chi connectivity index (χ2v) is 14.9. The number of para-hydroxylation sites is 1. The van der Waals surface area contributed by atoms with Gasteiger partial charge in [0.2, 0.25) is 15.9 Å². The molecule has 2 amide bonds. The van der Waals surface area contributed by atoms with E-state index in [9.17, 15) is 22.8 Å². The van der Waals surface area contributed by atoms with E-state index in [4.69, 9.17) is 33.7 Å². The molecule has 0 saturated carbocycles. The number of ether oxygens (including phenoxy) is 1. The van der Waals surface area contributed by atoms with Crippen molar-refractivity contribution < 1.29 is 32.4 Å². The minimum Gasteiger partial charge on any atom is -0.486 e. The maximum Gasteiger partial charge on any atom is 0.332 e. The van der Waals surface area contributed by atoms with Crippen molar-refractivity contribution in [3.63, 3.8) is 0 Å². The fourth-order valence-electron chi connectivity index (χ4n) is 6.14.